The van der Waals surface area contributed by atoms with Crippen molar-refractivity contribution in [2.24, 2.45) is 17.0 Å². The predicted molar refractivity (Wildman–Crippen MR) is 68.6 cm³/mol. The normalized spacial score (nSPS) is 31.7. The number of nitrogens with zero attached hydrogens (tertiary/aromatic N) is 2. The van der Waals surface area contributed by atoms with E-state index in [2.05, 4.69) is 48.9 Å². The molecule has 90 valence electrons. The summed E-state index contributed by atoms with van der Waals surface area (Å²) in [6.45, 7) is 5.77. The Morgan fingerprint density at radius 1 is 1.29 bits per heavy atom. The standard InChI is InChI=1S/C15H21N2/c1-12(2)15-10-6-7-13(15)11-17(16-15)14-8-4-3-5-9-14/h3-5,8-9,12-13H,6-7,10-11H2,1-2H3/q+1/t13-,15-/m1/s1. The molecule has 2 heteroatoms. The number of benzene rings is 1. The molecule has 1 fully saturated rings. The van der Waals surface area contributed by atoms with Crippen LogP contribution in [0.15, 0.2) is 35.4 Å². The summed E-state index contributed by atoms with van der Waals surface area (Å²) in [6, 6.07) is 10.6. The van der Waals surface area contributed by atoms with Crippen molar-refractivity contribution in [1.29, 1.82) is 0 Å². The van der Waals surface area contributed by atoms with Gasteiger partial charge in [0.15, 0.2) is 6.54 Å². The van der Waals surface area contributed by atoms with Gasteiger partial charge in [-0.3, -0.25) is 0 Å². The Balaban J connectivity index is 1.98. The van der Waals surface area contributed by atoms with Gasteiger partial charge in [0.25, 0.3) is 0 Å². The Morgan fingerprint density at radius 2 is 2.06 bits per heavy atom. The molecular formula is C15H21N2+. The molecular weight excluding hydrogens is 208 g/mol. The van der Waals surface area contributed by atoms with Crippen molar-refractivity contribution in [2.75, 3.05) is 6.54 Å². The fourth-order valence-corrected chi connectivity index (χ4v) is 3.58. The van der Waals surface area contributed by atoms with Crippen LogP contribution in [0.1, 0.15) is 33.1 Å². The predicted octanol–water partition coefficient (Wildman–Crippen LogP) is 3.99. The minimum Gasteiger partial charge on any atom is -0.0881 e. The third-order valence-electron chi connectivity index (χ3n) is 4.59. The molecule has 1 aromatic rings. The van der Waals surface area contributed by atoms with E-state index in [1.807, 2.05) is 0 Å². The first-order valence-electron chi connectivity index (χ1n) is 6.78. The van der Waals surface area contributed by atoms with Crippen molar-refractivity contribution >= 4 is 5.69 Å². The summed E-state index contributed by atoms with van der Waals surface area (Å²) < 4.78 is 2.24. The van der Waals surface area contributed by atoms with Crippen molar-refractivity contribution in [3.63, 3.8) is 0 Å². The van der Waals surface area contributed by atoms with Gasteiger partial charge in [0.05, 0.1) is 5.92 Å². The quantitative estimate of drug-likeness (QED) is 0.681. The van der Waals surface area contributed by atoms with Crippen LogP contribution in [0.25, 0.3) is 0 Å². The molecule has 1 saturated carbocycles. The van der Waals surface area contributed by atoms with E-state index in [1.54, 1.807) is 0 Å². The maximum atomic E-state index is 5.08. The third kappa shape index (κ3) is 1.62. The SMILES string of the molecule is CC(C)[C@]12CCC[C@@H]1C[N+](c1ccccc1)=N2. The maximum absolute atomic E-state index is 5.08. The van der Waals surface area contributed by atoms with Crippen LogP contribution in [0.2, 0.25) is 0 Å². The highest BCUT2D eigenvalue weighted by atomic mass is 15.3. The molecule has 0 unspecified atom stereocenters. The summed E-state index contributed by atoms with van der Waals surface area (Å²) in [7, 11) is 0. The summed E-state index contributed by atoms with van der Waals surface area (Å²) in [4.78, 5) is 0. The monoisotopic (exact) mass is 229 g/mol. The average Bonchev–Trinajstić information content (AvgIpc) is 2.87. The smallest absolute Gasteiger partial charge is 0.0881 e. The second-order valence-corrected chi connectivity index (χ2v) is 5.75. The molecule has 1 aliphatic heterocycles. The van der Waals surface area contributed by atoms with Crippen molar-refractivity contribution < 1.29 is 4.70 Å². The van der Waals surface area contributed by atoms with E-state index in [9.17, 15) is 0 Å². The number of hydrogen-bond acceptors (Lipinski definition) is 1. The molecule has 1 aromatic carbocycles. The lowest BCUT2D eigenvalue weighted by molar-refractivity contribution is -0.504. The lowest BCUT2D eigenvalue weighted by atomic mass is 9.79. The van der Waals surface area contributed by atoms with E-state index < -0.39 is 0 Å². The lowest BCUT2D eigenvalue weighted by Gasteiger charge is -2.24. The topological polar surface area (TPSA) is 15.4 Å². The van der Waals surface area contributed by atoms with Gasteiger partial charge in [0.1, 0.15) is 5.54 Å². The summed E-state index contributed by atoms with van der Waals surface area (Å²) >= 11 is 0. The summed E-state index contributed by atoms with van der Waals surface area (Å²) in [5, 5.41) is 5.08. The lowest BCUT2D eigenvalue weighted by Crippen LogP contribution is -2.34. The highest BCUT2D eigenvalue weighted by Gasteiger charge is 2.55. The van der Waals surface area contributed by atoms with Crippen LogP contribution < -0.4 is 0 Å². The number of hydrogen-bond donors (Lipinski definition) is 0. The number of fused-ring (bicyclic) bond motifs is 1. The first-order chi connectivity index (χ1) is 8.22. The molecule has 1 heterocycles. The zero-order chi connectivity index (χ0) is 11.9. The Labute approximate surface area is 103 Å². The minimum absolute atomic E-state index is 0.232. The van der Waals surface area contributed by atoms with Crippen LogP contribution in [0, 0.1) is 11.8 Å². The number of para-hydroxylation sites is 1. The largest absolute Gasteiger partial charge is 0.231 e. The summed E-state index contributed by atoms with van der Waals surface area (Å²) in [5.41, 5.74) is 1.48. The zero-order valence-corrected chi connectivity index (χ0v) is 10.8. The molecule has 3 rings (SSSR count). The van der Waals surface area contributed by atoms with Crippen LogP contribution >= 0.6 is 0 Å². The van der Waals surface area contributed by atoms with Gasteiger partial charge >= 0.3 is 0 Å². The van der Waals surface area contributed by atoms with E-state index in [0.29, 0.717) is 5.92 Å². The van der Waals surface area contributed by atoms with E-state index >= 15 is 0 Å². The molecule has 1 aliphatic carbocycles. The van der Waals surface area contributed by atoms with Gasteiger partial charge in [-0.15, -0.1) is 0 Å². The van der Waals surface area contributed by atoms with Crippen molar-refractivity contribution in [3.05, 3.63) is 30.3 Å². The Hall–Kier alpha value is -1.18. The van der Waals surface area contributed by atoms with Gasteiger partial charge < -0.3 is 0 Å². The van der Waals surface area contributed by atoms with E-state index in [4.69, 9.17) is 5.11 Å². The van der Waals surface area contributed by atoms with Crippen molar-refractivity contribution in [3.8, 4) is 0 Å². The Morgan fingerprint density at radius 3 is 2.71 bits per heavy atom. The molecule has 2 aliphatic rings. The van der Waals surface area contributed by atoms with Gasteiger partial charge in [-0.1, -0.05) is 43.2 Å². The molecule has 0 spiro atoms. The fourth-order valence-electron chi connectivity index (χ4n) is 3.58. The summed E-state index contributed by atoms with van der Waals surface area (Å²) in [5.74, 6) is 1.42. The van der Waals surface area contributed by atoms with Crippen LogP contribution in [-0.4, -0.2) is 16.8 Å². The van der Waals surface area contributed by atoms with Gasteiger partial charge in [-0.05, 0) is 23.9 Å². The van der Waals surface area contributed by atoms with Gasteiger partial charge in [-0.2, -0.15) is 0 Å². The highest BCUT2D eigenvalue weighted by molar-refractivity contribution is 5.28. The molecule has 0 amide bonds. The van der Waals surface area contributed by atoms with Gasteiger partial charge in [-0.25, -0.2) is 0 Å². The first kappa shape index (κ1) is 10.9. The van der Waals surface area contributed by atoms with Crippen LogP contribution in [-0.2, 0) is 0 Å². The molecule has 0 N–H and O–H groups in total. The van der Waals surface area contributed by atoms with E-state index in [0.717, 1.165) is 12.5 Å². The van der Waals surface area contributed by atoms with Crippen LogP contribution in [0.4, 0.5) is 5.69 Å². The fraction of sp³-hybridized carbons (Fsp3) is 0.600. The van der Waals surface area contributed by atoms with Crippen LogP contribution in [0.3, 0.4) is 0 Å². The first-order valence-corrected chi connectivity index (χ1v) is 6.78. The third-order valence-corrected chi connectivity index (χ3v) is 4.59. The molecule has 2 atom stereocenters. The molecule has 0 saturated heterocycles. The summed E-state index contributed by atoms with van der Waals surface area (Å²) in [6.07, 6.45) is 3.98. The van der Waals surface area contributed by atoms with Crippen LogP contribution in [0.5, 0.6) is 0 Å². The Kier molecular flexibility index (Phi) is 2.53. The molecule has 0 radical (unpaired) electrons. The van der Waals surface area contributed by atoms with Crippen molar-refractivity contribution in [1.82, 2.24) is 0 Å². The number of rotatable bonds is 2. The molecule has 2 nitrogen and oxygen atoms in total. The molecule has 0 aromatic heterocycles. The maximum Gasteiger partial charge on any atom is 0.231 e. The van der Waals surface area contributed by atoms with Crippen molar-refractivity contribution in [2.45, 2.75) is 38.6 Å². The second kappa shape index (κ2) is 3.94. The van der Waals surface area contributed by atoms with E-state index in [-0.39, 0.29) is 5.54 Å². The minimum atomic E-state index is 0.232. The van der Waals surface area contributed by atoms with Gasteiger partial charge in [0, 0.05) is 12.1 Å². The molecule has 17 heavy (non-hydrogen) atoms. The zero-order valence-electron chi connectivity index (χ0n) is 10.8. The second-order valence-electron chi connectivity index (χ2n) is 5.75. The average molecular weight is 229 g/mol. The highest BCUT2D eigenvalue weighted by Crippen LogP contribution is 2.48. The van der Waals surface area contributed by atoms with Gasteiger partial charge in [0.2, 0.25) is 5.69 Å². The molecule has 0 bridgehead atoms. The number of azo groups is 2. The Bertz CT molecular complexity index is 435. The van der Waals surface area contributed by atoms with E-state index in [1.165, 1.54) is 24.9 Å².